The lowest BCUT2D eigenvalue weighted by atomic mass is 10.0. The number of pyridine rings is 1. The third kappa shape index (κ3) is 5.44. The molecule has 8 nitrogen and oxygen atoms in total. The number of hydrogen-bond donors (Lipinski definition) is 3. The second-order valence-corrected chi connectivity index (χ2v) is 10.5. The number of aromatic carboxylic acids is 1. The van der Waals surface area contributed by atoms with Crippen molar-refractivity contribution in [2.45, 2.75) is 49.5 Å². The van der Waals surface area contributed by atoms with E-state index in [9.17, 15) is 23.1 Å². The monoisotopic (exact) mass is 502 g/mol. The molecule has 1 saturated carbocycles. The SMILES string of the molecule is O=C(O)c1cn(C2CC2)c2cc(-c3ccc(S(=O)(=O)NCCCCCCO)cc3)c(F)cc2c1=O. The number of unbranched alkanes of at least 4 members (excludes halogenated alkanes) is 3. The van der Waals surface area contributed by atoms with Gasteiger partial charge in [-0.05, 0) is 55.5 Å². The van der Waals surface area contributed by atoms with Crippen molar-refractivity contribution < 1.29 is 27.8 Å². The summed E-state index contributed by atoms with van der Waals surface area (Å²) < 4.78 is 44.4. The van der Waals surface area contributed by atoms with Gasteiger partial charge in [-0.3, -0.25) is 4.79 Å². The maximum absolute atomic E-state index is 15.1. The molecule has 1 aliphatic carbocycles. The summed E-state index contributed by atoms with van der Waals surface area (Å²) in [4.78, 5) is 24.2. The van der Waals surface area contributed by atoms with Crippen molar-refractivity contribution in [3.8, 4) is 11.1 Å². The van der Waals surface area contributed by atoms with Gasteiger partial charge in [0.15, 0.2) is 0 Å². The van der Waals surface area contributed by atoms with Crippen LogP contribution in [-0.4, -0.2) is 42.3 Å². The van der Waals surface area contributed by atoms with Gasteiger partial charge < -0.3 is 14.8 Å². The topological polar surface area (TPSA) is 126 Å². The average Bonchev–Trinajstić information content (AvgIpc) is 3.67. The number of aromatic nitrogens is 1. The van der Waals surface area contributed by atoms with Crippen molar-refractivity contribution in [2.24, 2.45) is 0 Å². The quantitative estimate of drug-likeness (QED) is 0.344. The predicted octanol–water partition coefficient (Wildman–Crippen LogP) is 3.67. The summed E-state index contributed by atoms with van der Waals surface area (Å²) in [5.41, 5.74) is -0.0659. The van der Waals surface area contributed by atoms with Crippen molar-refractivity contribution in [2.75, 3.05) is 13.2 Å². The Morgan fingerprint density at radius 3 is 2.40 bits per heavy atom. The Balaban J connectivity index is 1.62. The molecule has 0 saturated heterocycles. The number of nitrogens with one attached hydrogen (secondary N) is 1. The normalized spacial score (nSPS) is 13.9. The molecule has 0 unspecified atom stereocenters. The molecule has 4 rings (SSSR count). The van der Waals surface area contributed by atoms with Gasteiger partial charge in [0.25, 0.3) is 0 Å². The first kappa shape index (κ1) is 25.0. The summed E-state index contributed by atoms with van der Waals surface area (Å²) >= 11 is 0. The Bertz CT molecular complexity index is 1410. The van der Waals surface area contributed by atoms with E-state index in [4.69, 9.17) is 5.11 Å². The predicted molar refractivity (Wildman–Crippen MR) is 130 cm³/mol. The minimum Gasteiger partial charge on any atom is -0.477 e. The highest BCUT2D eigenvalue weighted by Crippen LogP contribution is 2.38. The number of halogens is 1. The van der Waals surface area contributed by atoms with Crippen molar-refractivity contribution in [3.63, 3.8) is 0 Å². The van der Waals surface area contributed by atoms with Crippen LogP contribution in [0.3, 0.4) is 0 Å². The molecule has 1 aromatic heterocycles. The van der Waals surface area contributed by atoms with Crippen LogP contribution in [0.5, 0.6) is 0 Å². The van der Waals surface area contributed by atoms with E-state index in [0.29, 0.717) is 23.9 Å². The number of nitrogens with zero attached hydrogens (tertiary/aromatic N) is 1. The van der Waals surface area contributed by atoms with E-state index < -0.39 is 32.8 Å². The molecule has 0 atom stereocenters. The zero-order valence-electron chi connectivity index (χ0n) is 19.0. The van der Waals surface area contributed by atoms with Crippen LogP contribution < -0.4 is 10.2 Å². The number of fused-ring (bicyclic) bond motifs is 1. The zero-order valence-corrected chi connectivity index (χ0v) is 19.9. The maximum Gasteiger partial charge on any atom is 0.341 e. The molecular formula is C25H27FN2O6S. The summed E-state index contributed by atoms with van der Waals surface area (Å²) in [6.45, 7) is 0.406. The van der Waals surface area contributed by atoms with Gasteiger partial charge in [-0.15, -0.1) is 0 Å². The first-order chi connectivity index (χ1) is 16.7. The number of aliphatic hydroxyl groups is 1. The van der Waals surface area contributed by atoms with Crippen LogP contribution in [0.1, 0.15) is 54.9 Å². The second kappa shape index (κ2) is 10.3. The molecule has 0 spiro atoms. The first-order valence-electron chi connectivity index (χ1n) is 11.6. The van der Waals surface area contributed by atoms with Gasteiger partial charge in [0.05, 0.1) is 10.4 Å². The number of benzene rings is 2. The third-order valence-electron chi connectivity index (χ3n) is 6.14. The lowest BCUT2D eigenvalue weighted by Crippen LogP contribution is -2.24. The van der Waals surface area contributed by atoms with Crippen LogP contribution >= 0.6 is 0 Å². The van der Waals surface area contributed by atoms with Crippen LogP contribution in [0, 0.1) is 5.82 Å². The average molecular weight is 503 g/mol. The van der Waals surface area contributed by atoms with Crippen molar-refractivity contribution in [1.29, 1.82) is 0 Å². The number of carboxylic acids is 1. The van der Waals surface area contributed by atoms with E-state index in [2.05, 4.69) is 4.72 Å². The summed E-state index contributed by atoms with van der Waals surface area (Å²) in [6.07, 6.45) is 5.98. The number of rotatable bonds is 11. The highest BCUT2D eigenvalue weighted by atomic mass is 32.2. The van der Waals surface area contributed by atoms with E-state index in [1.165, 1.54) is 36.5 Å². The van der Waals surface area contributed by atoms with Crippen LogP contribution in [0.25, 0.3) is 22.0 Å². The molecule has 1 heterocycles. The van der Waals surface area contributed by atoms with Gasteiger partial charge in [0, 0.05) is 36.3 Å². The first-order valence-corrected chi connectivity index (χ1v) is 13.0. The molecule has 3 N–H and O–H groups in total. The van der Waals surface area contributed by atoms with Crippen LogP contribution in [0.2, 0.25) is 0 Å². The zero-order chi connectivity index (χ0) is 25.2. The van der Waals surface area contributed by atoms with Gasteiger partial charge in [-0.2, -0.15) is 0 Å². The fourth-order valence-electron chi connectivity index (χ4n) is 4.09. The number of sulfonamides is 1. The summed E-state index contributed by atoms with van der Waals surface area (Å²) in [6, 6.07) is 8.43. The molecule has 0 aliphatic heterocycles. The molecule has 3 aromatic rings. The minimum absolute atomic E-state index is 0.000404. The smallest absolute Gasteiger partial charge is 0.341 e. The standard InChI is InChI=1S/C25H27FN2O6S/c26-22-13-20-23(28(17-7-8-17)15-21(24(20)30)25(31)32)14-19(22)16-5-9-18(10-6-16)35(33,34)27-11-3-1-2-4-12-29/h5-6,9-10,13-15,17,27,29H,1-4,7-8,11-12H2,(H,31,32). The van der Waals surface area contributed by atoms with Crippen LogP contribution in [0.15, 0.2) is 52.3 Å². The molecule has 0 bridgehead atoms. The molecule has 186 valence electrons. The van der Waals surface area contributed by atoms with E-state index in [1.54, 1.807) is 4.57 Å². The third-order valence-corrected chi connectivity index (χ3v) is 7.62. The molecule has 10 heteroatoms. The molecule has 0 radical (unpaired) electrons. The minimum atomic E-state index is -3.72. The Hall–Kier alpha value is -3.08. The van der Waals surface area contributed by atoms with E-state index in [0.717, 1.165) is 31.7 Å². The van der Waals surface area contributed by atoms with Gasteiger partial charge in [0.2, 0.25) is 15.5 Å². The molecule has 1 fully saturated rings. The number of carboxylic acid groups (broad SMARTS) is 1. The number of aliphatic hydroxyl groups excluding tert-OH is 1. The van der Waals surface area contributed by atoms with E-state index >= 15 is 4.39 Å². The van der Waals surface area contributed by atoms with Crippen LogP contribution in [0.4, 0.5) is 4.39 Å². The number of carbonyl (C=O) groups is 1. The van der Waals surface area contributed by atoms with E-state index in [1.807, 2.05) is 0 Å². The fraction of sp³-hybridized carbons (Fsp3) is 0.360. The lowest BCUT2D eigenvalue weighted by Gasteiger charge is -2.14. The van der Waals surface area contributed by atoms with Crippen LogP contribution in [-0.2, 0) is 10.0 Å². The largest absolute Gasteiger partial charge is 0.477 e. The molecule has 1 aliphatic rings. The van der Waals surface area contributed by atoms with Gasteiger partial charge in [0.1, 0.15) is 11.4 Å². The Labute approximate surface area is 202 Å². The fourth-order valence-corrected chi connectivity index (χ4v) is 5.17. The lowest BCUT2D eigenvalue weighted by molar-refractivity contribution is 0.0694. The second-order valence-electron chi connectivity index (χ2n) is 8.72. The summed E-state index contributed by atoms with van der Waals surface area (Å²) in [7, 11) is -3.72. The summed E-state index contributed by atoms with van der Waals surface area (Å²) in [5, 5.41) is 18.2. The molecular weight excluding hydrogens is 475 g/mol. The Kier molecular flexibility index (Phi) is 7.34. The summed E-state index contributed by atoms with van der Waals surface area (Å²) in [5.74, 6) is -2.05. The Morgan fingerprint density at radius 1 is 1.09 bits per heavy atom. The van der Waals surface area contributed by atoms with Gasteiger partial charge >= 0.3 is 5.97 Å². The molecule has 2 aromatic carbocycles. The van der Waals surface area contributed by atoms with E-state index in [-0.39, 0.29) is 35.0 Å². The van der Waals surface area contributed by atoms with Crippen molar-refractivity contribution >= 4 is 26.9 Å². The van der Waals surface area contributed by atoms with Crippen molar-refractivity contribution in [3.05, 3.63) is 64.2 Å². The highest BCUT2D eigenvalue weighted by Gasteiger charge is 2.27. The van der Waals surface area contributed by atoms with Crippen molar-refractivity contribution in [1.82, 2.24) is 9.29 Å². The maximum atomic E-state index is 15.1. The number of hydrogen-bond acceptors (Lipinski definition) is 5. The molecule has 35 heavy (non-hydrogen) atoms. The Morgan fingerprint density at radius 2 is 1.77 bits per heavy atom. The van der Waals surface area contributed by atoms with Gasteiger partial charge in [-0.1, -0.05) is 25.0 Å². The molecule has 0 amide bonds. The highest BCUT2D eigenvalue weighted by molar-refractivity contribution is 7.89. The van der Waals surface area contributed by atoms with Gasteiger partial charge in [-0.25, -0.2) is 22.3 Å².